The molecule has 0 fully saturated rings. The Bertz CT molecular complexity index is 235. The van der Waals surface area contributed by atoms with Crippen LogP contribution in [0.25, 0.3) is 0 Å². The van der Waals surface area contributed by atoms with Crippen LogP contribution in [0.15, 0.2) is 11.6 Å². The van der Waals surface area contributed by atoms with Crippen LogP contribution >= 0.6 is 0 Å². The Kier molecular flexibility index (Phi) is 7.85. The summed E-state index contributed by atoms with van der Waals surface area (Å²) in [5, 5.41) is 0. The van der Waals surface area contributed by atoms with Gasteiger partial charge in [0.25, 0.3) is 0 Å². The molecular formula is C12H22O4. The van der Waals surface area contributed by atoms with Crippen LogP contribution < -0.4 is 0 Å². The van der Waals surface area contributed by atoms with Crippen molar-refractivity contribution in [2.75, 3.05) is 21.3 Å². The van der Waals surface area contributed by atoms with E-state index in [4.69, 9.17) is 14.2 Å². The third-order valence-corrected chi connectivity index (χ3v) is 2.39. The number of esters is 1. The molecule has 0 amide bonds. The van der Waals surface area contributed by atoms with E-state index >= 15 is 0 Å². The van der Waals surface area contributed by atoms with Gasteiger partial charge in [0, 0.05) is 14.2 Å². The fourth-order valence-electron chi connectivity index (χ4n) is 1.41. The molecule has 4 nitrogen and oxygen atoms in total. The molecule has 0 aliphatic rings. The molecule has 0 bridgehead atoms. The van der Waals surface area contributed by atoms with E-state index in [0.717, 1.165) is 12.8 Å². The molecule has 2 unspecified atom stereocenters. The first-order chi connectivity index (χ1) is 7.60. The third-order valence-electron chi connectivity index (χ3n) is 2.39. The summed E-state index contributed by atoms with van der Waals surface area (Å²) in [6, 6.07) is 0. The van der Waals surface area contributed by atoms with E-state index in [1.165, 1.54) is 7.11 Å². The van der Waals surface area contributed by atoms with Crippen LogP contribution in [0.5, 0.6) is 0 Å². The highest BCUT2D eigenvalue weighted by atomic mass is 16.5. The Morgan fingerprint density at radius 2 is 1.88 bits per heavy atom. The maximum absolute atomic E-state index is 11.6. The average Bonchev–Trinajstić information content (AvgIpc) is 2.32. The van der Waals surface area contributed by atoms with Crippen LogP contribution in [0, 0.1) is 0 Å². The smallest absolute Gasteiger partial charge is 0.336 e. The first-order valence-corrected chi connectivity index (χ1v) is 5.46. The van der Waals surface area contributed by atoms with Gasteiger partial charge in [0.05, 0.1) is 24.9 Å². The molecule has 0 N–H and O–H groups in total. The Balaban J connectivity index is 4.89. The summed E-state index contributed by atoms with van der Waals surface area (Å²) >= 11 is 0. The normalized spacial score (nSPS) is 15.7. The minimum atomic E-state index is -0.357. The van der Waals surface area contributed by atoms with Gasteiger partial charge in [0.15, 0.2) is 0 Å². The Labute approximate surface area is 97.6 Å². The van der Waals surface area contributed by atoms with Crippen LogP contribution in [-0.4, -0.2) is 39.5 Å². The fraction of sp³-hybridized carbons (Fsp3) is 0.750. The maximum atomic E-state index is 11.6. The van der Waals surface area contributed by atoms with E-state index in [-0.39, 0.29) is 18.2 Å². The molecule has 0 aromatic carbocycles. The summed E-state index contributed by atoms with van der Waals surface area (Å²) in [7, 11) is 4.55. The average molecular weight is 230 g/mol. The number of carbonyl (C=O) groups excluding carboxylic acids is 1. The van der Waals surface area contributed by atoms with Gasteiger partial charge in [-0.25, -0.2) is 4.79 Å². The lowest BCUT2D eigenvalue weighted by molar-refractivity contribution is -0.137. The van der Waals surface area contributed by atoms with E-state index in [1.807, 2.05) is 13.8 Å². The van der Waals surface area contributed by atoms with Crippen molar-refractivity contribution < 1.29 is 19.0 Å². The number of hydrogen-bond acceptors (Lipinski definition) is 4. The van der Waals surface area contributed by atoms with Gasteiger partial charge < -0.3 is 14.2 Å². The van der Waals surface area contributed by atoms with Gasteiger partial charge in [-0.1, -0.05) is 13.3 Å². The lowest BCUT2D eigenvalue weighted by atomic mass is 10.0. The fourth-order valence-corrected chi connectivity index (χ4v) is 1.41. The second-order valence-electron chi connectivity index (χ2n) is 3.57. The van der Waals surface area contributed by atoms with Crippen molar-refractivity contribution in [1.82, 2.24) is 0 Å². The van der Waals surface area contributed by atoms with Crippen LogP contribution in [0.3, 0.4) is 0 Å². The third kappa shape index (κ3) is 4.77. The van der Waals surface area contributed by atoms with Gasteiger partial charge in [-0.05, 0) is 19.4 Å². The van der Waals surface area contributed by atoms with E-state index in [9.17, 15) is 4.79 Å². The largest absolute Gasteiger partial charge is 0.466 e. The van der Waals surface area contributed by atoms with Gasteiger partial charge in [-0.3, -0.25) is 0 Å². The molecule has 0 rings (SSSR count). The zero-order chi connectivity index (χ0) is 12.6. The minimum Gasteiger partial charge on any atom is -0.466 e. The Morgan fingerprint density at radius 3 is 2.25 bits per heavy atom. The predicted octanol–water partition coefficient (Wildman–Crippen LogP) is 1.94. The van der Waals surface area contributed by atoms with Crippen molar-refractivity contribution in [2.45, 2.75) is 38.9 Å². The minimum absolute atomic E-state index is 0.136. The van der Waals surface area contributed by atoms with Crippen LogP contribution in [0.1, 0.15) is 26.7 Å². The molecule has 0 aromatic rings. The molecule has 0 aliphatic heterocycles. The topological polar surface area (TPSA) is 44.8 Å². The van der Waals surface area contributed by atoms with Crippen molar-refractivity contribution in [3.05, 3.63) is 11.6 Å². The molecular weight excluding hydrogens is 208 g/mol. The number of ether oxygens (including phenoxy) is 3. The second-order valence-corrected chi connectivity index (χ2v) is 3.57. The summed E-state index contributed by atoms with van der Waals surface area (Å²) in [4.78, 5) is 11.6. The summed E-state index contributed by atoms with van der Waals surface area (Å²) < 4.78 is 15.1. The number of carbonyl (C=O) groups is 1. The zero-order valence-corrected chi connectivity index (χ0v) is 10.8. The summed E-state index contributed by atoms with van der Waals surface area (Å²) in [5.74, 6) is -0.357. The lowest BCUT2D eigenvalue weighted by Crippen LogP contribution is -2.23. The molecule has 0 heterocycles. The molecule has 94 valence electrons. The summed E-state index contributed by atoms with van der Waals surface area (Å²) in [6.45, 7) is 3.91. The van der Waals surface area contributed by atoms with E-state index in [0.29, 0.717) is 5.57 Å². The van der Waals surface area contributed by atoms with Crippen molar-refractivity contribution in [2.24, 2.45) is 0 Å². The second kappa shape index (κ2) is 8.30. The number of rotatable bonds is 7. The van der Waals surface area contributed by atoms with Crippen molar-refractivity contribution >= 4 is 5.97 Å². The standard InChI is InChI=1S/C12H22O4/c1-6-7-11(15-4)10(12(13)16-5)8-9(2)14-3/h8-9,11H,6-7H2,1-5H3/b10-8+. The maximum Gasteiger partial charge on any atom is 0.336 e. The number of methoxy groups -OCH3 is 3. The molecule has 0 aromatic heterocycles. The van der Waals surface area contributed by atoms with Gasteiger partial charge in [0.2, 0.25) is 0 Å². The van der Waals surface area contributed by atoms with Gasteiger partial charge in [-0.15, -0.1) is 0 Å². The van der Waals surface area contributed by atoms with Crippen LogP contribution in [0.4, 0.5) is 0 Å². The first kappa shape index (κ1) is 15.1. The Morgan fingerprint density at radius 1 is 1.25 bits per heavy atom. The highest BCUT2D eigenvalue weighted by Gasteiger charge is 2.21. The quantitative estimate of drug-likeness (QED) is 0.495. The monoisotopic (exact) mass is 230 g/mol. The molecule has 4 heteroatoms. The molecule has 0 saturated carbocycles. The Hall–Kier alpha value is -0.870. The highest BCUT2D eigenvalue weighted by molar-refractivity contribution is 5.89. The van der Waals surface area contributed by atoms with E-state index in [2.05, 4.69) is 0 Å². The molecule has 0 aliphatic carbocycles. The SMILES string of the molecule is CCCC(OC)/C(=C\C(C)OC)C(=O)OC. The number of hydrogen-bond donors (Lipinski definition) is 0. The highest BCUT2D eigenvalue weighted by Crippen LogP contribution is 2.15. The van der Waals surface area contributed by atoms with Crippen LogP contribution in [-0.2, 0) is 19.0 Å². The van der Waals surface area contributed by atoms with Crippen molar-refractivity contribution in [1.29, 1.82) is 0 Å². The zero-order valence-electron chi connectivity index (χ0n) is 10.8. The lowest BCUT2D eigenvalue weighted by Gasteiger charge is -2.18. The summed E-state index contributed by atoms with van der Waals surface area (Å²) in [5.41, 5.74) is 0.529. The molecule has 2 atom stereocenters. The predicted molar refractivity (Wildman–Crippen MR) is 62.3 cm³/mol. The van der Waals surface area contributed by atoms with E-state index in [1.54, 1.807) is 20.3 Å². The van der Waals surface area contributed by atoms with Crippen LogP contribution in [0.2, 0.25) is 0 Å². The molecule has 16 heavy (non-hydrogen) atoms. The molecule has 0 saturated heterocycles. The van der Waals surface area contributed by atoms with Gasteiger partial charge in [-0.2, -0.15) is 0 Å². The van der Waals surface area contributed by atoms with Gasteiger partial charge >= 0.3 is 5.97 Å². The molecule has 0 radical (unpaired) electrons. The van der Waals surface area contributed by atoms with Gasteiger partial charge in [0.1, 0.15) is 0 Å². The molecule has 0 spiro atoms. The summed E-state index contributed by atoms with van der Waals surface area (Å²) in [6.07, 6.45) is 3.11. The first-order valence-electron chi connectivity index (χ1n) is 5.46. The van der Waals surface area contributed by atoms with Crippen molar-refractivity contribution in [3.63, 3.8) is 0 Å². The van der Waals surface area contributed by atoms with E-state index < -0.39 is 0 Å². The van der Waals surface area contributed by atoms with Crippen molar-refractivity contribution in [3.8, 4) is 0 Å².